The van der Waals surface area contributed by atoms with E-state index in [1.165, 1.54) is 12.0 Å². The average molecular weight is 275 g/mol. The van der Waals surface area contributed by atoms with Crippen LogP contribution in [0, 0.1) is 10.8 Å². The smallest absolute Gasteiger partial charge is 0.118 e. The molecule has 0 bridgehead atoms. The Morgan fingerprint density at radius 1 is 1.10 bits per heavy atom. The van der Waals surface area contributed by atoms with E-state index in [9.17, 15) is 0 Å². The van der Waals surface area contributed by atoms with Gasteiger partial charge in [0, 0.05) is 12.1 Å². The van der Waals surface area contributed by atoms with Crippen molar-refractivity contribution >= 4 is 0 Å². The van der Waals surface area contributed by atoms with Crippen LogP contribution in [0.5, 0.6) is 5.75 Å². The molecule has 2 rings (SSSR count). The fraction of sp³-hybridized carbons (Fsp3) is 0.667. The highest BCUT2D eigenvalue weighted by Gasteiger charge is 2.64. The molecule has 1 N–H and O–H groups in total. The van der Waals surface area contributed by atoms with E-state index in [2.05, 4.69) is 52.1 Å². The lowest BCUT2D eigenvalue weighted by Crippen LogP contribution is -2.32. The minimum absolute atomic E-state index is 0.418. The largest absolute Gasteiger partial charge is 0.497 e. The van der Waals surface area contributed by atoms with Gasteiger partial charge >= 0.3 is 0 Å². The highest BCUT2D eigenvalue weighted by atomic mass is 16.5. The third kappa shape index (κ3) is 2.85. The Bertz CT molecular complexity index is 433. The Hall–Kier alpha value is -1.02. The van der Waals surface area contributed by atoms with Crippen LogP contribution in [0.25, 0.3) is 0 Å². The first-order valence-corrected chi connectivity index (χ1v) is 7.68. The molecule has 1 atom stereocenters. The molecule has 1 aliphatic rings. The molecule has 0 spiro atoms. The quantitative estimate of drug-likeness (QED) is 0.846. The van der Waals surface area contributed by atoms with E-state index in [-0.39, 0.29) is 0 Å². The van der Waals surface area contributed by atoms with Crippen LogP contribution in [-0.4, -0.2) is 19.2 Å². The van der Waals surface area contributed by atoms with E-state index in [1.807, 2.05) is 12.1 Å². The average Bonchev–Trinajstić information content (AvgIpc) is 2.79. The molecule has 0 aliphatic heterocycles. The number of hydrogen-bond donors (Lipinski definition) is 1. The number of aryl methyl sites for hydroxylation is 1. The lowest BCUT2D eigenvalue weighted by molar-refractivity contribution is 0.414. The summed E-state index contributed by atoms with van der Waals surface area (Å²) in [6.45, 7) is 11.7. The van der Waals surface area contributed by atoms with Crippen molar-refractivity contribution in [3.05, 3.63) is 29.8 Å². The standard InChI is InChI=1S/C18H29NO/c1-13(19-16-17(2,3)18(16,4)5)7-8-14-9-11-15(20-6)12-10-14/h9-13,16,19H,7-8H2,1-6H3. The summed E-state index contributed by atoms with van der Waals surface area (Å²) >= 11 is 0. The molecule has 112 valence electrons. The number of nitrogens with one attached hydrogen (secondary N) is 1. The second-order valence-corrected chi connectivity index (χ2v) is 7.33. The number of methoxy groups -OCH3 is 1. The zero-order valence-electron chi connectivity index (χ0n) is 13.8. The zero-order chi connectivity index (χ0) is 15.0. The molecule has 1 saturated carbocycles. The van der Waals surface area contributed by atoms with Gasteiger partial charge in [0.1, 0.15) is 5.75 Å². The summed E-state index contributed by atoms with van der Waals surface area (Å²) in [4.78, 5) is 0. The van der Waals surface area contributed by atoms with E-state index in [4.69, 9.17) is 4.74 Å². The van der Waals surface area contributed by atoms with Crippen LogP contribution >= 0.6 is 0 Å². The number of benzene rings is 1. The lowest BCUT2D eigenvalue weighted by atomic mass is 10.0. The van der Waals surface area contributed by atoms with Gasteiger partial charge in [0.05, 0.1) is 7.11 Å². The molecule has 1 fully saturated rings. The summed E-state index contributed by atoms with van der Waals surface area (Å²) in [5.74, 6) is 0.932. The molecular weight excluding hydrogens is 246 g/mol. The number of ether oxygens (including phenoxy) is 1. The molecule has 0 heterocycles. The van der Waals surface area contributed by atoms with E-state index in [0.717, 1.165) is 12.2 Å². The van der Waals surface area contributed by atoms with Crippen LogP contribution < -0.4 is 10.1 Å². The van der Waals surface area contributed by atoms with Gasteiger partial charge in [-0.1, -0.05) is 39.8 Å². The predicted octanol–water partition coefficient (Wildman–Crippen LogP) is 4.04. The Morgan fingerprint density at radius 2 is 1.65 bits per heavy atom. The van der Waals surface area contributed by atoms with Crippen molar-refractivity contribution in [3.63, 3.8) is 0 Å². The first-order valence-electron chi connectivity index (χ1n) is 7.68. The number of hydrogen-bond acceptors (Lipinski definition) is 2. The molecule has 0 amide bonds. The van der Waals surface area contributed by atoms with Crippen molar-refractivity contribution in [3.8, 4) is 5.75 Å². The molecule has 2 nitrogen and oxygen atoms in total. The highest BCUT2D eigenvalue weighted by Crippen LogP contribution is 2.62. The van der Waals surface area contributed by atoms with Crippen molar-refractivity contribution < 1.29 is 4.74 Å². The maximum absolute atomic E-state index is 5.19. The predicted molar refractivity (Wildman–Crippen MR) is 85.3 cm³/mol. The monoisotopic (exact) mass is 275 g/mol. The molecule has 0 radical (unpaired) electrons. The Labute approximate surface area is 123 Å². The Balaban J connectivity index is 1.79. The van der Waals surface area contributed by atoms with Gasteiger partial charge in [0.15, 0.2) is 0 Å². The van der Waals surface area contributed by atoms with Crippen LogP contribution in [0.4, 0.5) is 0 Å². The third-order valence-electron chi connectivity index (χ3n) is 5.50. The van der Waals surface area contributed by atoms with E-state index < -0.39 is 0 Å². The van der Waals surface area contributed by atoms with Gasteiger partial charge in [-0.2, -0.15) is 0 Å². The van der Waals surface area contributed by atoms with Crippen molar-refractivity contribution in [2.45, 2.75) is 59.5 Å². The zero-order valence-corrected chi connectivity index (χ0v) is 13.8. The van der Waals surface area contributed by atoms with E-state index >= 15 is 0 Å². The van der Waals surface area contributed by atoms with Crippen molar-refractivity contribution in [2.75, 3.05) is 7.11 Å². The summed E-state index contributed by atoms with van der Waals surface area (Å²) < 4.78 is 5.19. The second kappa shape index (κ2) is 5.40. The maximum atomic E-state index is 5.19. The molecule has 1 aromatic carbocycles. The molecule has 20 heavy (non-hydrogen) atoms. The van der Waals surface area contributed by atoms with E-state index in [1.54, 1.807) is 7.11 Å². The minimum Gasteiger partial charge on any atom is -0.497 e. The minimum atomic E-state index is 0.418. The van der Waals surface area contributed by atoms with Crippen molar-refractivity contribution in [2.24, 2.45) is 10.8 Å². The highest BCUT2D eigenvalue weighted by molar-refractivity contribution is 5.27. The van der Waals surface area contributed by atoms with Crippen LogP contribution in [0.2, 0.25) is 0 Å². The van der Waals surface area contributed by atoms with Gasteiger partial charge in [0.2, 0.25) is 0 Å². The van der Waals surface area contributed by atoms with E-state index in [0.29, 0.717) is 22.9 Å². The van der Waals surface area contributed by atoms with Crippen LogP contribution in [-0.2, 0) is 6.42 Å². The van der Waals surface area contributed by atoms with Crippen molar-refractivity contribution in [1.29, 1.82) is 0 Å². The molecule has 1 aromatic rings. The molecular formula is C18H29NO. The molecule has 1 aliphatic carbocycles. The normalized spacial score (nSPS) is 21.5. The topological polar surface area (TPSA) is 21.3 Å². The van der Waals surface area contributed by atoms with Gasteiger partial charge in [-0.15, -0.1) is 0 Å². The SMILES string of the molecule is COc1ccc(CCC(C)NC2C(C)(C)C2(C)C)cc1. The first kappa shape index (κ1) is 15.4. The fourth-order valence-corrected chi connectivity index (χ4v) is 3.16. The first-order chi connectivity index (χ1) is 9.29. The Morgan fingerprint density at radius 3 is 2.10 bits per heavy atom. The van der Waals surface area contributed by atoms with Gasteiger partial charge in [-0.3, -0.25) is 0 Å². The fourth-order valence-electron chi connectivity index (χ4n) is 3.16. The van der Waals surface area contributed by atoms with Gasteiger partial charge in [-0.25, -0.2) is 0 Å². The van der Waals surface area contributed by atoms with Gasteiger partial charge in [0.25, 0.3) is 0 Å². The van der Waals surface area contributed by atoms with Crippen LogP contribution in [0.15, 0.2) is 24.3 Å². The van der Waals surface area contributed by atoms with Crippen LogP contribution in [0.3, 0.4) is 0 Å². The second-order valence-electron chi connectivity index (χ2n) is 7.33. The molecule has 0 saturated heterocycles. The summed E-state index contributed by atoms with van der Waals surface area (Å²) in [7, 11) is 1.71. The summed E-state index contributed by atoms with van der Waals surface area (Å²) in [5.41, 5.74) is 2.22. The lowest BCUT2D eigenvalue weighted by Gasteiger charge is -2.15. The van der Waals surface area contributed by atoms with Gasteiger partial charge < -0.3 is 10.1 Å². The summed E-state index contributed by atoms with van der Waals surface area (Å²) in [5, 5.41) is 3.80. The Kier molecular flexibility index (Phi) is 4.15. The summed E-state index contributed by atoms with van der Waals surface area (Å²) in [6.07, 6.45) is 2.29. The van der Waals surface area contributed by atoms with Crippen LogP contribution in [0.1, 0.15) is 46.6 Å². The number of rotatable bonds is 6. The van der Waals surface area contributed by atoms with Gasteiger partial charge in [-0.05, 0) is 48.3 Å². The summed E-state index contributed by atoms with van der Waals surface area (Å²) in [6, 6.07) is 9.61. The maximum Gasteiger partial charge on any atom is 0.118 e. The third-order valence-corrected chi connectivity index (χ3v) is 5.50. The molecule has 2 heteroatoms. The molecule has 1 unspecified atom stereocenters. The van der Waals surface area contributed by atoms with Crippen molar-refractivity contribution in [1.82, 2.24) is 5.32 Å². The molecule has 0 aromatic heterocycles.